The van der Waals surface area contributed by atoms with E-state index in [1.54, 1.807) is 23.1 Å². The minimum Gasteiger partial charge on any atom is -0.325 e. The van der Waals surface area contributed by atoms with Crippen molar-refractivity contribution in [3.05, 3.63) is 53.6 Å². The number of urea groups is 1. The van der Waals surface area contributed by atoms with E-state index in [4.69, 9.17) is 0 Å². The Morgan fingerprint density at radius 2 is 1.62 bits per heavy atom. The number of nitrogens with one attached hydrogen (secondary N) is 2. The van der Waals surface area contributed by atoms with E-state index in [0.29, 0.717) is 24.5 Å². The maximum absolute atomic E-state index is 12.6. The van der Waals surface area contributed by atoms with Gasteiger partial charge in [-0.2, -0.15) is 0 Å². The molecule has 140 valence electrons. The summed E-state index contributed by atoms with van der Waals surface area (Å²) in [5.41, 5.74) is 2.93. The first-order chi connectivity index (χ1) is 12.3. The van der Waals surface area contributed by atoms with Gasteiger partial charge in [0, 0.05) is 18.8 Å². The van der Waals surface area contributed by atoms with Gasteiger partial charge in [0.25, 0.3) is 10.0 Å². The third-order valence-electron chi connectivity index (χ3n) is 4.10. The summed E-state index contributed by atoms with van der Waals surface area (Å²) < 4.78 is 27.8. The SMILES string of the molecule is CCN(CC)C(=O)Nc1ccc(S(=O)(=O)Nc2cc(C)ccc2C)cc1. The van der Waals surface area contributed by atoms with Crippen LogP contribution in [0, 0.1) is 13.8 Å². The number of nitrogens with zero attached hydrogens (tertiary/aromatic N) is 1. The number of rotatable bonds is 6. The van der Waals surface area contributed by atoms with E-state index in [9.17, 15) is 13.2 Å². The normalized spacial score (nSPS) is 11.1. The van der Waals surface area contributed by atoms with Crippen LogP contribution in [0.3, 0.4) is 0 Å². The van der Waals surface area contributed by atoms with Crippen LogP contribution in [0.5, 0.6) is 0 Å². The highest BCUT2D eigenvalue weighted by atomic mass is 32.2. The summed E-state index contributed by atoms with van der Waals surface area (Å²) in [6.45, 7) is 8.77. The molecule has 2 rings (SSSR count). The Morgan fingerprint density at radius 3 is 2.19 bits per heavy atom. The summed E-state index contributed by atoms with van der Waals surface area (Å²) in [7, 11) is -3.70. The Hall–Kier alpha value is -2.54. The molecule has 0 aliphatic heterocycles. The third-order valence-corrected chi connectivity index (χ3v) is 5.49. The van der Waals surface area contributed by atoms with Crippen LogP contribution >= 0.6 is 0 Å². The highest BCUT2D eigenvalue weighted by molar-refractivity contribution is 7.92. The van der Waals surface area contributed by atoms with Gasteiger partial charge in [-0.05, 0) is 69.2 Å². The number of anilines is 2. The first-order valence-electron chi connectivity index (χ1n) is 8.53. The predicted octanol–water partition coefficient (Wildman–Crippen LogP) is 3.98. The molecule has 2 aromatic rings. The molecule has 0 aliphatic rings. The molecular weight excluding hydrogens is 350 g/mol. The van der Waals surface area contributed by atoms with Gasteiger partial charge in [0.2, 0.25) is 0 Å². The van der Waals surface area contributed by atoms with Gasteiger partial charge >= 0.3 is 6.03 Å². The molecule has 0 fully saturated rings. The van der Waals surface area contributed by atoms with Gasteiger partial charge in [0.1, 0.15) is 0 Å². The molecule has 7 heteroatoms. The molecule has 0 heterocycles. The van der Waals surface area contributed by atoms with Crippen molar-refractivity contribution in [1.82, 2.24) is 4.90 Å². The fraction of sp³-hybridized carbons (Fsp3) is 0.316. The Kier molecular flexibility index (Phi) is 6.26. The van der Waals surface area contributed by atoms with Gasteiger partial charge in [-0.15, -0.1) is 0 Å². The quantitative estimate of drug-likeness (QED) is 0.802. The molecule has 0 radical (unpaired) electrons. The van der Waals surface area contributed by atoms with Gasteiger partial charge in [0.05, 0.1) is 10.6 Å². The highest BCUT2D eigenvalue weighted by Crippen LogP contribution is 2.22. The highest BCUT2D eigenvalue weighted by Gasteiger charge is 2.16. The Morgan fingerprint density at radius 1 is 1.00 bits per heavy atom. The Labute approximate surface area is 155 Å². The lowest BCUT2D eigenvalue weighted by Crippen LogP contribution is -2.34. The van der Waals surface area contributed by atoms with Crippen LogP contribution in [0.25, 0.3) is 0 Å². The first-order valence-corrected chi connectivity index (χ1v) is 10.0. The number of hydrogen-bond acceptors (Lipinski definition) is 3. The van der Waals surface area contributed by atoms with Gasteiger partial charge in [-0.1, -0.05) is 12.1 Å². The van der Waals surface area contributed by atoms with Gasteiger partial charge in [-0.25, -0.2) is 13.2 Å². The average molecular weight is 375 g/mol. The number of carbonyl (C=O) groups excluding carboxylic acids is 1. The summed E-state index contributed by atoms with van der Waals surface area (Å²) >= 11 is 0. The lowest BCUT2D eigenvalue weighted by Gasteiger charge is -2.19. The molecule has 0 atom stereocenters. The van der Waals surface area contributed by atoms with E-state index in [2.05, 4.69) is 10.0 Å². The van der Waals surface area contributed by atoms with Crippen LogP contribution in [0.2, 0.25) is 0 Å². The standard InChI is InChI=1S/C19H25N3O3S/c1-5-22(6-2)19(23)20-16-9-11-17(12-10-16)26(24,25)21-18-13-14(3)7-8-15(18)4/h7-13,21H,5-6H2,1-4H3,(H,20,23). The molecule has 26 heavy (non-hydrogen) atoms. The molecule has 0 bridgehead atoms. The fourth-order valence-corrected chi connectivity index (χ4v) is 3.60. The van der Waals surface area contributed by atoms with E-state index in [-0.39, 0.29) is 10.9 Å². The monoisotopic (exact) mass is 375 g/mol. The largest absolute Gasteiger partial charge is 0.325 e. The van der Waals surface area contributed by atoms with E-state index < -0.39 is 10.0 Å². The molecule has 0 aromatic heterocycles. The van der Waals surface area contributed by atoms with E-state index >= 15 is 0 Å². The maximum atomic E-state index is 12.6. The van der Waals surface area contributed by atoms with Crippen molar-refractivity contribution in [3.8, 4) is 0 Å². The minimum absolute atomic E-state index is 0.138. The van der Waals surface area contributed by atoms with Crippen molar-refractivity contribution in [2.75, 3.05) is 23.1 Å². The van der Waals surface area contributed by atoms with Crippen LogP contribution in [-0.2, 0) is 10.0 Å². The van der Waals surface area contributed by atoms with Gasteiger partial charge in [0.15, 0.2) is 0 Å². The van der Waals surface area contributed by atoms with E-state index in [1.807, 2.05) is 39.8 Å². The van der Waals surface area contributed by atoms with E-state index in [0.717, 1.165) is 11.1 Å². The molecule has 0 saturated carbocycles. The van der Waals surface area contributed by atoms with Crippen molar-refractivity contribution in [2.45, 2.75) is 32.6 Å². The smallest absolute Gasteiger partial charge is 0.321 e. The predicted molar refractivity (Wildman–Crippen MR) is 105 cm³/mol. The summed E-state index contributed by atoms with van der Waals surface area (Å²) in [5, 5.41) is 2.76. The van der Waals surface area contributed by atoms with Crippen molar-refractivity contribution in [3.63, 3.8) is 0 Å². The number of carbonyl (C=O) groups is 1. The Balaban J connectivity index is 2.16. The molecular formula is C19H25N3O3S. The van der Waals surface area contributed by atoms with Crippen molar-refractivity contribution in [1.29, 1.82) is 0 Å². The second-order valence-electron chi connectivity index (χ2n) is 6.05. The zero-order valence-electron chi connectivity index (χ0n) is 15.5. The first kappa shape index (κ1) is 19.8. The van der Waals surface area contributed by atoms with Gasteiger partial charge < -0.3 is 10.2 Å². The minimum atomic E-state index is -3.70. The van der Waals surface area contributed by atoms with Crippen molar-refractivity contribution in [2.24, 2.45) is 0 Å². The zero-order chi connectivity index (χ0) is 19.3. The number of amides is 2. The van der Waals surface area contributed by atoms with Crippen LogP contribution in [0.15, 0.2) is 47.4 Å². The fourth-order valence-electron chi connectivity index (χ4n) is 2.48. The van der Waals surface area contributed by atoms with Crippen LogP contribution < -0.4 is 10.0 Å². The van der Waals surface area contributed by atoms with Gasteiger partial charge in [-0.3, -0.25) is 4.72 Å². The number of hydrogen-bond donors (Lipinski definition) is 2. The lowest BCUT2D eigenvalue weighted by atomic mass is 10.1. The lowest BCUT2D eigenvalue weighted by molar-refractivity contribution is 0.217. The number of aryl methyl sites for hydroxylation is 2. The molecule has 0 saturated heterocycles. The second-order valence-corrected chi connectivity index (χ2v) is 7.73. The second kappa shape index (κ2) is 8.23. The van der Waals surface area contributed by atoms with Crippen LogP contribution in [0.4, 0.5) is 16.2 Å². The maximum Gasteiger partial charge on any atom is 0.321 e. The van der Waals surface area contributed by atoms with Crippen LogP contribution in [0.1, 0.15) is 25.0 Å². The Bertz CT molecular complexity index is 873. The third kappa shape index (κ3) is 4.76. The van der Waals surface area contributed by atoms with Crippen molar-refractivity contribution < 1.29 is 13.2 Å². The number of benzene rings is 2. The molecule has 2 aromatic carbocycles. The molecule has 0 aliphatic carbocycles. The summed E-state index contributed by atoms with van der Waals surface area (Å²) in [6, 6.07) is 11.5. The molecule has 0 spiro atoms. The molecule has 2 N–H and O–H groups in total. The van der Waals surface area contributed by atoms with E-state index in [1.165, 1.54) is 12.1 Å². The number of sulfonamides is 1. The summed E-state index contributed by atoms with van der Waals surface area (Å²) in [6.07, 6.45) is 0. The summed E-state index contributed by atoms with van der Waals surface area (Å²) in [5.74, 6) is 0. The van der Waals surface area contributed by atoms with Crippen LogP contribution in [-0.4, -0.2) is 32.4 Å². The zero-order valence-corrected chi connectivity index (χ0v) is 16.4. The summed E-state index contributed by atoms with van der Waals surface area (Å²) in [4.78, 5) is 13.8. The topological polar surface area (TPSA) is 78.5 Å². The molecule has 2 amide bonds. The molecule has 0 unspecified atom stereocenters. The average Bonchev–Trinajstić information content (AvgIpc) is 2.59. The van der Waals surface area contributed by atoms with Crippen molar-refractivity contribution >= 4 is 27.4 Å². The molecule has 6 nitrogen and oxygen atoms in total.